The van der Waals surface area contributed by atoms with E-state index in [9.17, 15) is 21.6 Å². The summed E-state index contributed by atoms with van der Waals surface area (Å²) in [4.78, 5) is 3.21. The quantitative estimate of drug-likeness (QED) is 0.628. The van der Waals surface area contributed by atoms with Gasteiger partial charge in [-0.3, -0.25) is 0 Å². The molecule has 0 aliphatic rings. The van der Waals surface area contributed by atoms with Crippen LogP contribution >= 0.6 is 11.6 Å². The molecule has 0 aliphatic carbocycles. The Morgan fingerprint density at radius 3 is 2.43 bits per heavy atom. The molecule has 3 N–H and O–H groups in total. The molecule has 0 bridgehead atoms. The Hall–Kier alpha value is -1.10. The molecule has 0 saturated carbocycles. The first-order valence-electron chi connectivity index (χ1n) is 5.70. The van der Waals surface area contributed by atoms with Crippen molar-refractivity contribution in [3.63, 3.8) is 0 Å². The number of nitrogens with one attached hydrogen (secondary N) is 1. The first-order valence-corrected chi connectivity index (χ1v) is 7.51. The van der Waals surface area contributed by atoms with Crippen LogP contribution in [0.15, 0.2) is 17.2 Å². The maximum Gasteiger partial charge on any atom is 0.402 e. The molecule has 120 valence electrons. The molecular formula is C10H14ClF3N4O2S. The average molecular weight is 347 g/mol. The third kappa shape index (κ3) is 4.43. The van der Waals surface area contributed by atoms with Gasteiger partial charge in [-0.2, -0.15) is 17.5 Å². The fraction of sp³-hybridized carbons (Fsp3) is 0.500. The van der Waals surface area contributed by atoms with Crippen molar-refractivity contribution in [2.24, 2.45) is 5.84 Å². The highest BCUT2D eigenvalue weighted by atomic mass is 35.5. The van der Waals surface area contributed by atoms with Gasteiger partial charge in [-0.25, -0.2) is 19.2 Å². The van der Waals surface area contributed by atoms with Crippen molar-refractivity contribution < 1.29 is 21.6 Å². The summed E-state index contributed by atoms with van der Waals surface area (Å²) >= 11 is 5.74. The predicted molar refractivity (Wildman–Crippen MR) is 72.1 cm³/mol. The van der Waals surface area contributed by atoms with E-state index in [1.165, 1.54) is 13.8 Å². The molecule has 0 radical (unpaired) electrons. The molecule has 0 amide bonds. The number of alkyl halides is 3. The third-order valence-corrected chi connectivity index (χ3v) is 4.75. The summed E-state index contributed by atoms with van der Waals surface area (Å²) in [7, 11) is -4.38. The maximum atomic E-state index is 12.5. The number of anilines is 1. The molecule has 1 aromatic heterocycles. The van der Waals surface area contributed by atoms with Gasteiger partial charge in [-0.05, 0) is 19.9 Å². The number of sulfonamides is 1. The normalized spacial score (nSPS) is 13.0. The fourth-order valence-electron chi connectivity index (χ4n) is 1.52. The third-order valence-electron chi connectivity index (χ3n) is 2.47. The van der Waals surface area contributed by atoms with Crippen LogP contribution in [0.5, 0.6) is 0 Å². The van der Waals surface area contributed by atoms with Gasteiger partial charge in [0.05, 0.1) is 5.02 Å². The van der Waals surface area contributed by atoms with Gasteiger partial charge in [-0.1, -0.05) is 11.6 Å². The second-order valence-corrected chi connectivity index (χ2v) is 6.70. The number of hydrogen-bond donors (Lipinski definition) is 2. The molecule has 1 heterocycles. The Bertz CT molecular complexity index is 607. The minimum Gasteiger partial charge on any atom is -0.307 e. The summed E-state index contributed by atoms with van der Waals surface area (Å²) in [5.74, 6) is 5.11. The second-order valence-electron chi connectivity index (χ2n) is 4.40. The van der Waals surface area contributed by atoms with Crippen molar-refractivity contribution in [2.45, 2.75) is 31.0 Å². The Morgan fingerprint density at radius 1 is 1.48 bits per heavy atom. The van der Waals surface area contributed by atoms with Crippen LogP contribution in [0.3, 0.4) is 0 Å². The molecule has 11 heteroatoms. The molecule has 0 saturated heterocycles. The first kappa shape index (κ1) is 18.0. The van der Waals surface area contributed by atoms with E-state index in [1.807, 2.05) is 0 Å². The molecule has 21 heavy (non-hydrogen) atoms. The van der Waals surface area contributed by atoms with E-state index < -0.39 is 33.7 Å². The fourth-order valence-corrected chi connectivity index (χ4v) is 3.41. The number of rotatable bonds is 5. The van der Waals surface area contributed by atoms with E-state index in [0.717, 1.165) is 12.3 Å². The number of nitrogens with zero attached hydrogens (tertiary/aromatic N) is 2. The van der Waals surface area contributed by atoms with Crippen LogP contribution in [0.2, 0.25) is 5.02 Å². The maximum absolute atomic E-state index is 12.5. The summed E-state index contributed by atoms with van der Waals surface area (Å²) in [6.07, 6.45) is -3.77. The zero-order valence-corrected chi connectivity index (χ0v) is 12.7. The number of hydrogen-bond acceptors (Lipinski definition) is 5. The lowest BCUT2D eigenvalue weighted by Gasteiger charge is -2.26. The molecule has 0 aliphatic heterocycles. The van der Waals surface area contributed by atoms with E-state index in [0.29, 0.717) is 4.31 Å². The van der Waals surface area contributed by atoms with Crippen molar-refractivity contribution in [3.05, 3.63) is 17.3 Å². The van der Waals surface area contributed by atoms with Gasteiger partial charge >= 0.3 is 6.18 Å². The van der Waals surface area contributed by atoms with Crippen LogP contribution in [0.4, 0.5) is 19.0 Å². The predicted octanol–water partition coefficient (Wildman–Crippen LogP) is 1.98. The molecule has 0 aromatic carbocycles. The number of pyridine rings is 1. The highest BCUT2D eigenvalue weighted by molar-refractivity contribution is 7.89. The van der Waals surface area contributed by atoms with Crippen molar-refractivity contribution in [1.29, 1.82) is 0 Å². The van der Waals surface area contributed by atoms with Crippen LogP contribution < -0.4 is 11.3 Å². The summed E-state index contributed by atoms with van der Waals surface area (Å²) < 4.78 is 62.5. The van der Waals surface area contributed by atoms with Crippen LogP contribution in [0, 0.1) is 0 Å². The SMILES string of the molecule is CC(C)N(CC(F)(F)F)S(=O)(=O)c1cnc(NN)c(Cl)c1. The topological polar surface area (TPSA) is 88.3 Å². The van der Waals surface area contributed by atoms with E-state index >= 15 is 0 Å². The lowest BCUT2D eigenvalue weighted by Crippen LogP contribution is -2.43. The number of nitrogens with two attached hydrogens (primary N) is 1. The van der Waals surface area contributed by atoms with Crippen molar-refractivity contribution in [3.8, 4) is 0 Å². The van der Waals surface area contributed by atoms with Gasteiger partial charge in [0.2, 0.25) is 10.0 Å². The monoisotopic (exact) mass is 346 g/mol. The Kier molecular flexibility index (Phi) is 5.42. The molecule has 1 rings (SSSR count). The summed E-state index contributed by atoms with van der Waals surface area (Å²) in [5, 5.41) is -0.116. The zero-order chi connectivity index (χ0) is 16.4. The Morgan fingerprint density at radius 2 is 2.05 bits per heavy atom. The van der Waals surface area contributed by atoms with Crippen molar-refractivity contribution in [1.82, 2.24) is 9.29 Å². The molecular weight excluding hydrogens is 333 g/mol. The van der Waals surface area contributed by atoms with Crippen molar-refractivity contribution >= 4 is 27.4 Å². The molecule has 0 fully saturated rings. The van der Waals surface area contributed by atoms with E-state index in [-0.39, 0.29) is 10.8 Å². The second kappa shape index (κ2) is 6.34. The lowest BCUT2D eigenvalue weighted by molar-refractivity contribution is -0.138. The number of aromatic nitrogens is 1. The van der Waals surface area contributed by atoms with E-state index in [1.54, 1.807) is 0 Å². The minimum atomic E-state index is -4.66. The largest absolute Gasteiger partial charge is 0.402 e. The smallest absolute Gasteiger partial charge is 0.307 e. The Balaban J connectivity index is 3.26. The number of nitrogen functional groups attached to an aromatic ring is 1. The zero-order valence-electron chi connectivity index (χ0n) is 11.1. The lowest BCUT2D eigenvalue weighted by atomic mass is 10.4. The van der Waals surface area contributed by atoms with Crippen LogP contribution in [-0.4, -0.2) is 36.5 Å². The Labute approximate surface area is 125 Å². The standard InChI is InChI=1S/C10H14ClF3N4O2S/c1-6(2)18(5-10(12,13)14)21(19,20)7-3-8(11)9(17-15)16-4-7/h3-4,6H,5,15H2,1-2H3,(H,16,17). The van der Waals surface area contributed by atoms with Gasteiger partial charge < -0.3 is 5.43 Å². The molecule has 6 nitrogen and oxygen atoms in total. The van der Waals surface area contributed by atoms with Gasteiger partial charge in [0.1, 0.15) is 11.4 Å². The van der Waals surface area contributed by atoms with Crippen LogP contribution in [0.25, 0.3) is 0 Å². The average Bonchev–Trinajstić information content (AvgIpc) is 2.34. The highest BCUT2D eigenvalue weighted by Crippen LogP contribution is 2.27. The first-order chi connectivity index (χ1) is 9.49. The van der Waals surface area contributed by atoms with Crippen molar-refractivity contribution in [2.75, 3.05) is 12.0 Å². The molecule has 1 aromatic rings. The summed E-state index contributed by atoms with van der Waals surface area (Å²) in [6.45, 7) is 1.09. The molecule has 0 unspecified atom stereocenters. The molecule has 0 atom stereocenters. The van der Waals surface area contributed by atoms with E-state index in [4.69, 9.17) is 17.4 Å². The minimum absolute atomic E-state index is 0.0162. The summed E-state index contributed by atoms with van der Waals surface area (Å²) in [6, 6.07) is 0.105. The summed E-state index contributed by atoms with van der Waals surface area (Å²) in [5.41, 5.74) is 2.13. The highest BCUT2D eigenvalue weighted by Gasteiger charge is 2.38. The van der Waals surface area contributed by atoms with Crippen LogP contribution in [0.1, 0.15) is 13.8 Å². The van der Waals surface area contributed by atoms with Gasteiger partial charge in [-0.15, -0.1) is 0 Å². The number of hydrazine groups is 1. The van der Waals surface area contributed by atoms with E-state index in [2.05, 4.69) is 10.4 Å². The number of halogens is 4. The molecule has 0 spiro atoms. The van der Waals surface area contributed by atoms with Crippen LogP contribution in [-0.2, 0) is 10.0 Å². The van der Waals surface area contributed by atoms with Gasteiger partial charge in [0, 0.05) is 12.2 Å². The van der Waals surface area contributed by atoms with Gasteiger partial charge in [0.25, 0.3) is 0 Å². The van der Waals surface area contributed by atoms with Gasteiger partial charge in [0.15, 0.2) is 5.82 Å².